The van der Waals surface area contributed by atoms with Gasteiger partial charge < -0.3 is 19.0 Å². The van der Waals surface area contributed by atoms with E-state index in [9.17, 15) is 9.46 Å². The molecule has 0 radical (unpaired) electrons. The van der Waals surface area contributed by atoms with E-state index in [-0.39, 0.29) is 13.2 Å². The molecule has 0 aromatic rings. The van der Waals surface area contributed by atoms with Gasteiger partial charge in [-0.1, -0.05) is 11.6 Å². The largest absolute Gasteiger partial charge is 0.756 e. The summed E-state index contributed by atoms with van der Waals surface area (Å²) >= 11 is 4.76. The molecule has 0 heterocycles. The first kappa shape index (κ1) is 15.4. The second kappa shape index (κ2) is 10.0. The summed E-state index contributed by atoms with van der Waals surface area (Å²) in [5.41, 5.74) is 1.03. The molecule has 7 heteroatoms. The Morgan fingerprint density at radius 3 is 1.92 bits per heavy atom. The lowest BCUT2D eigenvalue weighted by Gasteiger charge is -2.20. The molecule has 0 atom stereocenters. The van der Waals surface area contributed by atoms with Gasteiger partial charge in [0.1, 0.15) is 0 Å². The number of hydrogen-bond donors (Lipinski definition) is 1. The molecule has 1 N–H and O–H groups in total. The van der Waals surface area contributed by atoms with Crippen LogP contribution in [0.25, 0.3) is 0 Å². The van der Waals surface area contributed by atoms with Crippen LogP contribution in [-0.4, -0.2) is 18.3 Å². The number of rotatable bonds is 4. The van der Waals surface area contributed by atoms with Gasteiger partial charge in [-0.3, -0.25) is 4.57 Å². The molecule has 0 saturated heterocycles. The molecule has 0 aliphatic heterocycles. The molecule has 0 rings (SSSR count). The van der Waals surface area contributed by atoms with E-state index in [0.29, 0.717) is 0 Å². The van der Waals surface area contributed by atoms with Gasteiger partial charge in [-0.2, -0.15) is 0 Å². The van der Waals surface area contributed by atoms with Gasteiger partial charge in [0, 0.05) is 5.54 Å². The molecule has 5 nitrogen and oxygen atoms in total. The minimum atomic E-state index is -3.94. The Labute approximate surface area is 82.5 Å². The lowest BCUT2D eigenvalue weighted by molar-refractivity contribution is -0.224. The van der Waals surface area contributed by atoms with Crippen LogP contribution in [0.15, 0.2) is 11.8 Å². The van der Waals surface area contributed by atoms with Crippen LogP contribution in [0.5, 0.6) is 0 Å². The van der Waals surface area contributed by atoms with Gasteiger partial charge in [-0.25, -0.2) is 0 Å². The molecule has 13 heavy (non-hydrogen) atoms. The van der Waals surface area contributed by atoms with Crippen molar-refractivity contribution in [2.75, 3.05) is 13.2 Å². The zero-order valence-corrected chi connectivity index (χ0v) is 9.12. The number of phosphoric acid groups is 1. The van der Waals surface area contributed by atoms with Crippen molar-refractivity contribution in [1.82, 2.24) is 0 Å². The fourth-order valence-electron chi connectivity index (χ4n) is 0.353. The average Bonchev–Trinajstić information content (AvgIpc) is 2.04. The summed E-state index contributed by atoms with van der Waals surface area (Å²) in [5, 5.41) is 7.56. The normalized spacial score (nSPS) is 11.1. The maximum absolute atomic E-state index is 10.4. The number of halogens is 1. The van der Waals surface area contributed by atoms with Crippen molar-refractivity contribution in [3.63, 3.8) is 0 Å². The van der Waals surface area contributed by atoms with E-state index in [2.05, 4.69) is 9.05 Å². The first-order chi connectivity index (χ1) is 6.04. The van der Waals surface area contributed by atoms with Crippen molar-refractivity contribution in [3.8, 4) is 0 Å². The quantitative estimate of drug-likeness (QED) is 0.589. The second-order valence-electron chi connectivity index (χ2n) is 1.56. The van der Waals surface area contributed by atoms with E-state index in [1.165, 1.54) is 0 Å². The third-order valence-corrected chi connectivity index (χ3v) is 1.89. The minimum absolute atomic E-state index is 0.126. The molecule has 0 aromatic carbocycles. The Bertz CT molecular complexity index is 158. The van der Waals surface area contributed by atoms with Gasteiger partial charge in [0.15, 0.2) is 0 Å². The van der Waals surface area contributed by atoms with Gasteiger partial charge in [0.25, 0.3) is 7.82 Å². The molecule has 0 aliphatic rings. The second-order valence-corrected chi connectivity index (χ2v) is 3.22. The molecule has 0 aliphatic carbocycles. The lowest BCUT2D eigenvalue weighted by Crippen LogP contribution is -2.07. The lowest BCUT2D eigenvalue weighted by atomic mass is 10.9. The van der Waals surface area contributed by atoms with Crippen LogP contribution in [0.2, 0.25) is 0 Å². The van der Waals surface area contributed by atoms with E-state index >= 15 is 0 Å². The minimum Gasteiger partial charge on any atom is -0.756 e. The Hall–Kier alpha value is -0.0600. The smallest absolute Gasteiger partial charge is 0.267 e. The molecule has 0 saturated carbocycles. The molecule has 0 spiro atoms. The average molecular weight is 232 g/mol. The third-order valence-electron chi connectivity index (χ3n) is 0.631. The number of phosphoric ester groups is 1. The SMILES string of the molecule is CCOP(=O)([O-])OCC.O/C=C/Cl. The monoisotopic (exact) mass is 231 g/mol. The van der Waals surface area contributed by atoms with Crippen LogP contribution in [0.3, 0.4) is 0 Å². The zero-order chi connectivity index (χ0) is 10.7. The molecule has 0 fully saturated rings. The Morgan fingerprint density at radius 2 is 1.77 bits per heavy atom. The summed E-state index contributed by atoms with van der Waals surface area (Å²) < 4.78 is 18.9. The van der Waals surface area contributed by atoms with Crippen molar-refractivity contribution in [2.45, 2.75) is 13.8 Å². The van der Waals surface area contributed by atoms with E-state index in [1.807, 2.05) is 0 Å². The topological polar surface area (TPSA) is 78.8 Å². The Morgan fingerprint density at radius 1 is 1.46 bits per heavy atom. The van der Waals surface area contributed by atoms with Crippen molar-refractivity contribution in [2.24, 2.45) is 0 Å². The van der Waals surface area contributed by atoms with Crippen LogP contribution in [-0.2, 0) is 13.6 Å². The maximum atomic E-state index is 10.4. The summed E-state index contributed by atoms with van der Waals surface area (Å²) in [6.07, 6.45) is 0.765. The molecule has 0 aromatic heterocycles. The zero-order valence-electron chi connectivity index (χ0n) is 7.47. The van der Waals surface area contributed by atoms with E-state index in [1.54, 1.807) is 13.8 Å². The summed E-state index contributed by atoms with van der Waals surface area (Å²) in [5.74, 6) is 0. The van der Waals surface area contributed by atoms with E-state index in [4.69, 9.17) is 16.7 Å². The third kappa shape index (κ3) is 14.8. The predicted molar refractivity (Wildman–Crippen MR) is 48.5 cm³/mol. The highest BCUT2D eigenvalue weighted by molar-refractivity contribution is 7.45. The van der Waals surface area contributed by atoms with Crippen LogP contribution in [0.1, 0.15) is 13.8 Å². The maximum Gasteiger partial charge on any atom is 0.267 e. The number of hydrogen-bond acceptors (Lipinski definition) is 5. The summed E-state index contributed by atoms with van der Waals surface area (Å²) in [6, 6.07) is 0. The highest BCUT2D eigenvalue weighted by Gasteiger charge is 2.04. The van der Waals surface area contributed by atoms with Crippen LogP contribution in [0.4, 0.5) is 0 Å². The molecular weight excluding hydrogens is 218 g/mol. The molecule has 0 unspecified atom stereocenters. The molecule has 0 amide bonds. The van der Waals surface area contributed by atoms with Crippen LogP contribution < -0.4 is 4.89 Å². The van der Waals surface area contributed by atoms with Gasteiger partial charge in [-0.05, 0) is 13.8 Å². The van der Waals surface area contributed by atoms with Crippen LogP contribution >= 0.6 is 19.4 Å². The standard InChI is InChI=1S/C4H11O4P.C2H3ClO/c1-3-7-9(5,6)8-4-2;3-1-2-4/h3-4H2,1-2H3,(H,5,6);1-2,4H/p-1/b;2-1+. The van der Waals surface area contributed by atoms with Gasteiger partial charge >= 0.3 is 0 Å². The van der Waals surface area contributed by atoms with Gasteiger partial charge in [0.2, 0.25) is 0 Å². The summed E-state index contributed by atoms with van der Waals surface area (Å²) in [4.78, 5) is 10.4. The fraction of sp³-hybridized carbons (Fsp3) is 0.667. The van der Waals surface area contributed by atoms with E-state index in [0.717, 1.165) is 11.8 Å². The highest BCUT2D eigenvalue weighted by Crippen LogP contribution is 2.37. The van der Waals surface area contributed by atoms with Crippen molar-refractivity contribution >= 4 is 19.4 Å². The number of aliphatic hydroxyl groups excluding tert-OH is 1. The van der Waals surface area contributed by atoms with E-state index < -0.39 is 7.82 Å². The summed E-state index contributed by atoms with van der Waals surface area (Å²) in [6.45, 7) is 3.43. The highest BCUT2D eigenvalue weighted by atomic mass is 35.5. The Balaban J connectivity index is 0. The van der Waals surface area contributed by atoms with Gasteiger partial charge in [-0.15, -0.1) is 0 Å². The van der Waals surface area contributed by atoms with Crippen LogP contribution in [0, 0.1) is 0 Å². The number of aliphatic hydroxyl groups is 1. The predicted octanol–water partition coefficient (Wildman–Crippen LogP) is 1.78. The molecule has 80 valence electrons. The Kier molecular flexibility index (Phi) is 11.9. The van der Waals surface area contributed by atoms with Crippen molar-refractivity contribution < 1.29 is 23.6 Å². The molecular formula is C6H13ClO5P-. The van der Waals surface area contributed by atoms with Gasteiger partial charge in [0.05, 0.1) is 19.5 Å². The first-order valence-electron chi connectivity index (χ1n) is 3.53. The molecule has 0 bridgehead atoms. The fourth-order valence-corrected chi connectivity index (χ4v) is 1.06. The summed E-state index contributed by atoms with van der Waals surface area (Å²) in [7, 11) is -3.94. The van der Waals surface area contributed by atoms with Crippen molar-refractivity contribution in [1.29, 1.82) is 0 Å². The first-order valence-corrected chi connectivity index (χ1v) is 5.43. The van der Waals surface area contributed by atoms with Crippen molar-refractivity contribution in [3.05, 3.63) is 11.8 Å².